The fourth-order valence-electron chi connectivity index (χ4n) is 4.97. The van der Waals surface area contributed by atoms with Crippen LogP contribution >= 0.6 is 12.6 Å². The van der Waals surface area contributed by atoms with Gasteiger partial charge in [0.15, 0.2) is 0 Å². The number of amides is 3. The van der Waals surface area contributed by atoms with Crippen LogP contribution in [0, 0.1) is 0 Å². The zero-order valence-electron chi connectivity index (χ0n) is 26.2. The zero-order valence-corrected chi connectivity index (χ0v) is 27.1. The summed E-state index contributed by atoms with van der Waals surface area (Å²) in [6.45, 7) is 9.88. The van der Waals surface area contributed by atoms with Gasteiger partial charge in [0.1, 0.15) is 17.7 Å². The monoisotopic (exact) mass is 605 g/mol. The van der Waals surface area contributed by atoms with Crippen LogP contribution in [0.25, 0.3) is 10.8 Å². The SMILES string of the molecule is CCCCCCCN(C(=O)C(CS)NC(=O)OC(C)(C)C)C(C(=O)Nc1ccc2ccccc2c1)c1ccc(CC)cc1. The Morgan fingerprint density at radius 3 is 2.19 bits per heavy atom. The Balaban J connectivity index is 1.99. The van der Waals surface area contributed by atoms with Crippen LogP contribution in [0.3, 0.4) is 0 Å². The summed E-state index contributed by atoms with van der Waals surface area (Å²) < 4.78 is 5.42. The maximum absolute atomic E-state index is 14.2. The lowest BCUT2D eigenvalue weighted by molar-refractivity contribution is -0.140. The van der Waals surface area contributed by atoms with Crippen molar-refractivity contribution in [1.82, 2.24) is 10.2 Å². The van der Waals surface area contributed by atoms with Gasteiger partial charge < -0.3 is 20.3 Å². The van der Waals surface area contributed by atoms with Crippen LogP contribution in [0.4, 0.5) is 10.5 Å². The van der Waals surface area contributed by atoms with Crippen LogP contribution in [-0.4, -0.2) is 46.7 Å². The van der Waals surface area contributed by atoms with Gasteiger partial charge in [-0.15, -0.1) is 0 Å². The van der Waals surface area contributed by atoms with Gasteiger partial charge in [-0.2, -0.15) is 12.6 Å². The standard InChI is InChI=1S/C35H47N3O4S/c1-6-8-9-10-13-22-38(33(40)30(24-43)37-34(41)42-35(3,4)5)31(27-18-16-25(7-2)17-19-27)32(39)36-29-21-20-26-14-11-12-15-28(26)23-29/h11-12,14-21,23,30-31,43H,6-10,13,22,24H2,1-5H3,(H,36,39)(H,37,41). The van der Waals surface area contributed by atoms with Crippen LogP contribution < -0.4 is 10.6 Å². The van der Waals surface area contributed by atoms with E-state index >= 15 is 0 Å². The van der Waals surface area contributed by atoms with E-state index in [1.165, 1.54) is 0 Å². The molecule has 0 bridgehead atoms. The van der Waals surface area contributed by atoms with E-state index in [-0.39, 0.29) is 17.6 Å². The molecule has 2 unspecified atom stereocenters. The minimum atomic E-state index is -0.972. The van der Waals surface area contributed by atoms with E-state index in [0.717, 1.165) is 54.9 Å². The molecule has 232 valence electrons. The second-order valence-corrected chi connectivity index (χ2v) is 12.2. The number of unbranched alkanes of at least 4 members (excludes halogenated alkanes) is 4. The van der Waals surface area contributed by atoms with Gasteiger partial charge in [-0.25, -0.2) is 4.79 Å². The number of alkyl carbamates (subject to hydrolysis) is 1. The van der Waals surface area contributed by atoms with Crippen molar-refractivity contribution in [2.24, 2.45) is 0 Å². The minimum absolute atomic E-state index is 0.0538. The summed E-state index contributed by atoms with van der Waals surface area (Å²) >= 11 is 4.40. The van der Waals surface area contributed by atoms with E-state index in [2.05, 4.69) is 37.1 Å². The van der Waals surface area contributed by atoms with Gasteiger partial charge in [-0.3, -0.25) is 9.59 Å². The molecule has 0 spiro atoms. The Kier molecular flexibility index (Phi) is 12.9. The highest BCUT2D eigenvalue weighted by Gasteiger charge is 2.35. The van der Waals surface area contributed by atoms with E-state index in [9.17, 15) is 14.4 Å². The third-order valence-electron chi connectivity index (χ3n) is 7.24. The third kappa shape index (κ3) is 10.3. The number of ether oxygens (including phenoxy) is 1. The lowest BCUT2D eigenvalue weighted by Crippen LogP contribution is -2.53. The Morgan fingerprint density at radius 2 is 1.56 bits per heavy atom. The maximum atomic E-state index is 14.2. The molecule has 0 aromatic heterocycles. The van der Waals surface area contributed by atoms with E-state index in [0.29, 0.717) is 17.8 Å². The van der Waals surface area contributed by atoms with Crippen LogP contribution in [0.1, 0.15) is 83.9 Å². The largest absolute Gasteiger partial charge is 0.444 e. The van der Waals surface area contributed by atoms with E-state index in [1.54, 1.807) is 25.7 Å². The van der Waals surface area contributed by atoms with Crippen molar-refractivity contribution in [1.29, 1.82) is 0 Å². The number of rotatable bonds is 14. The molecule has 0 aliphatic heterocycles. The second-order valence-electron chi connectivity index (χ2n) is 11.9. The first-order valence-corrected chi connectivity index (χ1v) is 16.0. The fourth-order valence-corrected chi connectivity index (χ4v) is 5.22. The molecule has 8 heteroatoms. The highest BCUT2D eigenvalue weighted by molar-refractivity contribution is 7.80. The third-order valence-corrected chi connectivity index (χ3v) is 7.60. The number of hydrogen-bond donors (Lipinski definition) is 3. The Morgan fingerprint density at radius 1 is 0.884 bits per heavy atom. The molecule has 43 heavy (non-hydrogen) atoms. The van der Waals surface area contributed by atoms with Crippen LogP contribution in [0.5, 0.6) is 0 Å². The summed E-state index contributed by atoms with van der Waals surface area (Å²) in [4.78, 5) is 42.6. The molecule has 0 aliphatic rings. The number of carbonyl (C=O) groups excluding carboxylic acids is 3. The van der Waals surface area contributed by atoms with E-state index in [4.69, 9.17) is 4.74 Å². The van der Waals surface area contributed by atoms with Gasteiger partial charge in [0.2, 0.25) is 5.91 Å². The molecule has 0 radical (unpaired) electrons. The topological polar surface area (TPSA) is 87.7 Å². The summed E-state index contributed by atoms with van der Waals surface area (Å²) in [6, 6.07) is 19.6. The lowest BCUT2D eigenvalue weighted by atomic mass is 9.99. The van der Waals surface area contributed by atoms with Gasteiger partial charge in [-0.1, -0.05) is 94.1 Å². The van der Waals surface area contributed by atoms with Crippen LogP contribution in [0.15, 0.2) is 66.7 Å². The maximum Gasteiger partial charge on any atom is 0.408 e. The Bertz CT molecular complexity index is 1350. The first kappa shape index (κ1) is 34.0. The minimum Gasteiger partial charge on any atom is -0.444 e. The highest BCUT2D eigenvalue weighted by Crippen LogP contribution is 2.27. The van der Waals surface area contributed by atoms with Crippen molar-refractivity contribution >= 4 is 47.0 Å². The van der Waals surface area contributed by atoms with Crippen molar-refractivity contribution in [3.63, 3.8) is 0 Å². The lowest BCUT2D eigenvalue weighted by Gasteiger charge is -2.34. The number of anilines is 1. The number of benzene rings is 3. The number of carbonyl (C=O) groups is 3. The van der Waals surface area contributed by atoms with E-state index in [1.807, 2.05) is 66.7 Å². The summed E-state index contributed by atoms with van der Waals surface area (Å²) in [6.07, 6.45) is 5.07. The average Bonchev–Trinajstić information content (AvgIpc) is 2.98. The van der Waals surface area contributed by atoms with Crippen molar-refractivity contribution in [2.45, 2.75) is 90.8 Å². The summed E-state index contributed by atoms with van der Waals surface area (Å²) in [5.74, 6) is -0.649. The Hall–Kier alpha value is -3.52. The molecule has 3 amide bonds. The highest BCUT2D eigenvalue weighted by atomic mass is 32.1. The van der Waals surface area contributed by atoms with Crippen molar-refractivity contribution in [3.05, 3.63) is 77.9 Å². The molecule has 3 aromatic carbocycles. The molecule has 0 aliphatic carbocycles. The van der Waals surface area contributed by atoms with Gasteiger partial charge in [0.25, 0.3) is 5.91 Å². The molecular weight excluding hydrogens is 558 g/mol. The van der Waals surface area contributed by atoms with Crippen molar-refractivity contribution < 1.29 is 19.1 Å². The first-order valence-electron chi connectivity index (χ1n) is 15.4. The van der Waals surface area contributed by atoms with Gasteiger partial charge in [0, 0.05) is 18.0 Å². The molecule has 3 aromatic rings. The first-order chi connectivity index (χ1) is 20.6. The number of nitrogens with zero attached hydrogens (tertiary/aromatic N) is 1. The number of fused-ring (bicyclic) bond motifs is 1. The smallest absolute Gasteiger partial charge is 0.408 e. The summed E-state index contributed by atoms with van der Waals surface area (Å²) in [7, 11) is 0. The molecule has 2 N–H and O–H groups in total. The number of thiol groups is 1. The van der Waals surface area contributed by atoms with Crippen LogP contribution in [-0.2, 0) is 20.7 Å². The number of nitrogens with one attached hydrogen (secondary N) is 2. The predicted molar refractivity (Wildman–Crippen MR) is 179 cm³/mol. The Labute approximate surface area is 262 Å². The van der Waals surface area contributed by atoms with Crippen molar-refractivity contribution in [3.8, 4) is 0 Å². The predicted octanol–water partition coefficient (Wildman–Crippen LogP) is 7.70. The van der Waals surface area contributed by atoms with Gasteiger partial charge in [-0.05, 0) is 67.6 Å². The van der Waals surface area contributed by atoms with Gasteiger partial charge in [0.05, 0.1) is 0 Å². The molecule has 0 saturated carbocycles. The molecule has 0 saturated heterocycles. The molecule has 0 fully saturated rings. The average molecular weight is 606 g/mol. The summed E-state index contributed by atoms with van der Waals surface area (Å²) in [5.41, 5.74) is 1.76. The normalized spacial score (nSPS) is 12.8. The second kappa shape index (κ2) is 16.4. The fraction of sp³-hybridized carbons (Fsp3) is 0.457. The zero-order chi connectivity index (χ0) is 31.4. The molecule has 7 nitrogen and oxygen atoms in total. The van der Waals surface area contributed by atoms with Crippen molar-refractivity contribution in [2.75, 3.05) is 17.6 Å². The molecule has 3 rings (SSSR count). The molecule has 2 atom stereocenters. The van der Waals surface area contributed by atoms with Gasteiger partial charge >= 0.3 is 6.09 Å². The quantitative estimate of drug-likeness (QED) is 0.130. The summed E-state index contributed by atoms with van der Waals surface area (Å²) in [5, 5.41) is 7.83. The van der Waals surface area contributed by atoms with E-state index < -0.39 is 23.8 Å². The molecule has 0 heterocycles. The number of hydrogen-bond acceptors (Lipinski definition) is 5. The molecular formula is C35H47N3O4S. The number of aryl methyl sites for hydroxylation is 1. The van der Waals surface area contributed by atoms with Crippen LogP contribution in [0.2, 0.25) is 0 Å².